The van der Waals surface area contributed by atoms with Crippen molar-refractivity contribution in [2.24, 2.45) is 0 Å². The highest BCUT2D eigenvalue weighted by molar-refractivity contribution is 4.50. The van der Waals surface area contributed by atoms with Crippen LogP contribution in [-0.2, 0) is 0 Å². The fourth-order valence-corrected chi connectivity index (χ4v) is 0.380. The van der Waals surface area contributed by atoms with Crippen LogP contribution in [0.2, 0.25) is 0 Å². The van der Waals surface area contributed by atoms with E-state index in [4.69, 9.17) is 5.11 Å². The first-order chi connectivity index (χ1) is 3.77. The van der Waals surface area contributed by atoms with Crippen molar-refractivity contribution in [3.8, 4) is 0 Å². The zero-order valence-electron chi connectivity index (χ0n) is 5.02. The SMILES string of the molecule is CC(F)CNCCO. The lowest BCUT2D eigenvalue weighted by Gasteiger charge is -2.00. The third-order valence-corrected chi connectivity index (χ3v) is 0.714. The number of rotatable bonds is 4. The van der Waals surface area contributed by atoms with Crippen LogP contribution in [0.15, 0.2) is 0 Å². The van der Waals surface area contributed by atoms with Gasteiger partial charge >= 0.3 is 0 Å². The summed E-state index contributed by atoms with van der Waals surface area (Å²) in [5.74, 6) is 0. The smallest absolute Gasteiger partial charge is 0.110 e. The Labute approximate surface area is 48.7 Å². The minimum absolute atomic E-state index is 0.0761. The molecule has 0 aromatic heterocycles. The molecule has 0 aliphatic carbocycles. The van der Waals surface area contributed by atoms with E-state index < -0.39 is 6.17 Å². The minimum atomic E-state index is -0.818. The van der Waals surface area contributed by atoms with Crippen molar-refractivity contribution < 1.29 is 9.50 Å². The Kier molecular flexibility index (Phi) is 4.90. The first-order valence-corrected chi connectivity index (χ1v) is 2.73. The van der Waals surface area contributed by atoms with Gasteiger partial charge in [-0.3, -0.25) is 0 Å². The van der Waals surface area contributed by atoms with Crippen LogP contribution in [0, 0.1) is 0 Å². The number of aliphatic hydroxyl groups is 1. The molecule has 1 atom stereocenters. The van der Waals surface area contributed by atoms with Crippen molar-refractivity contribution in [1.82, 2.24) is 5.32 Å². The molecule has 0 aromatic carbocycles. The van der Waals surface area contributed by atoms with E-state index in [2.05, 4.69) is 5.32 Å². The van der Waals surface area contributed by atoms with Crippen LogP contribution in [0.3, 0.4) is 0 Å². The van der Waals surface area contributed by atoms with E-state index in [1.807, 2.05) is 0 Å². The van der Waals surface area contributed by atoms with Crippen LogP contribution in [0.25, 0.3) is 0 Å². The van der Waals surface area contributed by atoms with E-state index in [9.17, 15) is 4.39 Å². The predicted octanol–water partition coefficient (Wildman–Crippen LogP) is -0.0737. The number of halogens is 1. The molecule has 0 heterocycles. The number of aliphatic hydroxyl groups excluding tert-OH is 1. The molecule has 0 fully saturated rings. The van der Waals surface area contributed by atoms with Crippen molar-refractivity contribution in [3.63, 3.8) is 0 Å². The normalized spacial score (nSPS) is 13.9. The van der Waals surface area contributed by atoms with Gasteiger partial charge in [0.05, 0.1) is 6.61 Å². The van der Waals surface area contributed by atoms with Gasteiger partial charge in [-0.25, -0.2) is 4.39 Å². The Morgan fingerprint density at radius 2 is 2.38 bits per heavy atom. The topological polar surface area (TPSA) is 32.3 Å². The van der Waals surface area contributed by atoms with Crippen molar-refractivity contribution >= 4 is 0 Å². The van der Waals surface area contributed by atoms with Gasteiger partial charge in [0.25, 0.3) is 0 Å². The Hall–Kier alpha value is -0.150. The highest BCUT2D eigenvalue weighted by atomic mass is 19.1. The van der Waals surface area contributed by atoms with Crippen molar-refractivity contribution in [2.45, 2.75) is 13.1 Å². The Morgan fingerprint density at radius 3 is 2.75 bits per heavy atom. The van der Waals surface area contributed by atoms with E-state index >= 15 is 0 Å². The molecular formula is C5H12FNO. The maximum absolute atomic E-state index is 11.9. The maximum atomic E-state index is 11.9. The predicted molar refractivity (Wildman–Crippen MR) is 30.5 cm³/mol. The maximum Gasteiger partial charge on any atom is 0.110 e. The molecule has 0 rings (SSSR count). The van der Waals surface area contributed by atoms with Gasteiger partial charge in [0.15, 0.2) is 0 Å². The first kappa shape index (κ1) is 7.85. The van der Waals surface area contributed by atoms with Crippen molar-refractivity contribution in [2.75, 3.05) is 19.7 Å². The lowest BCUT2D eigenvalue weighted by Crippen LogP contribution is -2.24. The number of nitrogens with one attached hydrogen (secondary N) is 1. The highest BCUT2D eigenvalue weighted by Crippen LogP contribution is 1.81. The third-order valence-electron chi connectivity index (χ3n) is 0.714. The molecule has 0 radical (unpaired) electrons. The summed E-state index contributed by atoms with van der Waals surface area (Å²) in [5, 5.41) is 10.9. The number of alkyl halides is 1. The Morgan fingerprint density at radius 1 is 1.75 bits per heavy atom. The van der Waals surface area contributed by atoms with Gasteiger partial charge in [0.1, 0.15) is 6.17 Å². The molecule has 0 aliphatic heterocycles. The van der Waals surface area contributed by atoms with Gasteiger partial charge in [0, 0.05) is 13.1 Å². The molecule has 8 heavy (non-hydrogen) atoms. The summed E-state index contributed by atoms with van der Waals surface area (Å²) in [4.78, 5) is 0. The molecule has 3 heteroatoms. The Bertz CT molecular complexity index is 49.7. The highest BCUT2D eigenvalue weighted by Gasteiger charge is 1.93. The summed E-state index contributed by atoms with van der Waals surface area (Å²) in [6, 6.07) is 0. The van der Waals surface area contributed by atoms with Crippen molar-refractivity contribution in [3.05, 3.63) is 0 Å². The molecule has 0 aromatic rings. The summed E-state index contributed by atoms with van der Waals surface area (Å²) in [7, 11) is 0. The average Bonchev–Trinajstić information content (AvgIpc) is 1.66. The van der Waals surface area contributed by atoms with Gasteiger partial charge in [-0.05, 0) is 6.92 Å². The number of hydrogen-bond acceptors (Lipinski definition) is 2. The quantitative estimate of drug-likeness (QED) is 0.510. The molecule has 0 amide bonds. The zero-order chi connectivity index (χ0) is 6.41. The van der Waals surface area contributed by atoms with Crippen LogP contribution >= 0.6 is 0 Å². The lowest BCUT2D eigenvalue weighted by molar-refractivity contribution is 0.278. The third kappa shape index (κ3) is 5.85. The van der Waals surface area contributed by atoms with Gasteiger partial charge < -0.3 is 10.4 Å². The van der Waals surface area contributed by atoms with Crippen molar-refractivity contribution in [1.29, 1.82) is 0 Å². The van der Waals surface area contributed by atoms with Gasteiger partial charge in [-0.1, -0.05) is 0 Å². The molecule has 2 N–H and O–H groups in total. The number of hydrogen-bond donors (Lipinski definition) is 2. The standard InChI is InChI=1S/C5H12FNO/c1-5(6)4-7-2-3-8/h5,7-8H,2-4H2,1H3. The van der Waals surface area contributed by atoms with Crippen LogP contribution in [0.1, 0.15) is 6.92 Å². The van der Waals surface area contributed by atoms with E-state index in [1.54, 1.807) is 0 Å². The second-order valence-electron chi connectivity index (χ2n) is 1.71. The van der Waals surface area contributed by atoms with E-state index in [-0.39, 0.29) is 6.61 Å². The summed E-state index contributed by atoms with van der Waals surface area (Å²) in [6.07, 6.45) is -0.818. The molecule has 50 valence electrons. The summed E-state index contributed by atoms with van der Waals surface area (Å²) in [6.45, 7) is 2.37. The fourth-order valence-electron chi connectivity index (χ4n) is 0.380. The molecule has 0 saturated carbocycles. The second-order valence-corrected chi connectivity index (χ2v) is 1.71. The molecule has 2 nitrogen and oxygen atoms in total. The van der Waals surface area contributed by atoms with Crippen LogP contribution in [0.4, 0.5) is 4.39 Å². The molecule has 0 aliphatic rings. The first-order valence-electron chi connectivity index (χ1n) is 2.73. The average molecular weight is 121 g/mol. The lowest BCUT2D eigenvalue weighted by atomic mass is 10.4. The van der Waals surface area contributed by atoms with Gasteiger partial charge in [-0.2, -0.15) is 0 Å². The molecule has 0 bridgehead atoms. The summed E-state index contributed by atoms with van der Waals surface area (Å²) in [5.41, 5.74) is 0. The van der Waals surface area contributed by atoms with Gasteiger partial charge in [0.2, 0.25) is 0 Å². The second kappa shape index (κ2) is 5.00. The molecular weight excluding hydrogens is 109 g/mol. The largest absolute Gasteiger partial charge is 0.395 e. The van der Waals surface area contributed by atoms with E-state index in [1.165, 1.54) is 6.92 Å². The molecule has 0 spiro atoms. The fraction of sp³-hybridized carbons (Fsp3) is 1.00. The Balaban J connectivity index is 2.72. The molecule has 1 unspecified atom stereocenters. The minimum Gasteiger partial charge on any atom is -0.395 e. The van der Waals surface area contributed by atoms with Crippen LogP contribution in [0.5, 0.6) is 0 Å². The summed E-state index contributed by atoms with van der Waals surface area (Å²) >= 11 is 0. The van der Waals surface area contributed by atoms with Crippen LogP contribution in [-0.4, -0.2) is 31.0 Å². The summed E-state index contributed by atoms with van der Waals surface area (Å²) < 4.78 is 11.9. The molecule has 0 saturated heterocycles. The van der Waals surface area contributed by atoms with Gasteiger partial charge in [-0.15, -0.1) is 0 Å². The van der Waals surface area contributed by atoms with Crippen LogP contribution < -0.4 is 5.32 Å². The van der Waals surface area contributed by atoms with E-state index in [0.717, 1.165) is 0 Å². The monoisotopic (exact) mass is 121 g/mol. The van der Waals surface area contributed by atoms with E-state index in [0.29, 0.717) is 13.1 Å². The zero-order valence-corrected chi connectivity index (χ0v) is 5.02.